The summed E-state index contributed by atoms with van der Waals surface area (Å²) in [6, 6.07) is 45.9. The largest absolute Gasteiger partial charge is 0.481 e. The molecule has 19 nitrogen and oxygen atoms in total. The molecule has 0 aliphatic carbocycles. The molecule has 6 N–H and O–H groups in total. The maximum atomic E-state index is 13.4. The highest BCUT2D eigenvalue weighted by Gasteiger charge is 2.31. The van der Waals surface area contributed by atoms with E-state index in [1.54, 1.807) is 40.1 Å². The van der Waals surface area contributed by atoms with E-state index < -0.39 is 17.6 Å². The maximum Gasteiger partial charge on any atom is 0.306 e. The summed E-state index contributed by atoms with van der Waals surface area (Å²) < 4.78 is 56.9. The van der Waals surface area contributed by atoms with Crippen molar-refractivity contribution in [2.75, 3.05) is 39.3 Å². The maximum absolute atomic E-state index is 13.4. The summed E-state index contributed by atoms with van der Waals surface area (Å²) in [6.45, 7) is 22.5. The summed E-state index contributed by atoms with van der Waals surface area (Å²) in [4.78, 5) is 74.2. The molecule has 3 aliphatic heterocycles. The zero-order valence-electron chi connectivity index (χ0n) is 56.1. The number of carbonyl (C=O) groups is 5. The molecule has 0 radical (unpaired) electrons. The molecule has 99 heavy (non-hydrogen) atoms. The summed E-state index contributed by atoms with van der Waals surface area (Å²) in [5, 5.41) is 38.8. The Hall–Kier alpha value is -11.0. The molecule has 23 heteroatoms. The second-order valence-corrected chi connectivity index (χ2v) is 24.9. The number of halogens is 4. The minimum atomic E-state index is -0.751. The number of oxime groups is 2. The molecule has 0 saturated carbocycles. The first-order valence-electron chi connectivity index (χ1n) is 32.6. The summed E-state index contributed by atoms with van der Waals surface area (Å²) in [5.41, 5.74) is 12.5. The van der Waals surface area contributed by atoms with Crippen molar-refractivity contribution < 1.29 is 61.6 Å². The fourth-order valence-corrected chi connectivity index (χ4v) is 11.0. The zero-order valence-corrected chi connectivity index (χ0v) is 56.1. The van der Waals surface area contributed by atoms with Gasteiger partial charge in [-0.25, -0.2) is 22.4 Å². The molecular formula is C76H82F4N10O9. The number of amidine groups is 2. The minimum Gasteiger partial charge on any atom is -0.481 e. The van der Waals surface area contributed by atoms with Crippen LogP contribution >= 0.6 is 0 Å². The Balaban J connectivity index is 0.000000185. The standard InChI is InChI=1S/C23H26FN3O3.C23H24FN3O2.C16H21NO3.C7H7FN2O.C7H4FN/c1-15(2)16-6-8-18(9-7-16)23(29)27-12-10-17(11-13-27)22(28)25-21(26-30)19-4-3-5-20(24)14-19;1-15(2)16-6-8-18(9-7-16)23(28)27-12-10-17(11-13-27)22-25-21(26-29-22)19-4-3-5-20(24)14-19;1-11(2)12-3-5-13(6-4-12)15(18)17-9-7-14(8-10-17)16(19)20;8-6-3-1-2-5(4-6)7(9)10-11;1-9-7-4-2-3-6(8)5-7/h3-9,14-15,17,30H,10-13H2,1-2H3,(H,25,26,28);3-9,14-15,17H,10-13H2,1-2H3;3-6,11,14H,7-10H2,1-2H3,(H,19,20);1-4,11H,(H2,9,10);2-5H. The van der Waals surface area contributed by atoms with Crippen molar-refractivity contribution in [3.05, 3.63) is 255 Å². The van der Waals surface area contributed by atoms with Crippen molar-refractivity contribution in [2.45, 2.75) is 104 Å². The van der Waals surface area contributed by atoms with Gasteiger partial charge in [0.25, 0.3) is 17.7 Å². The molecular weight excluding hydrogens is 1270 g/mol. The lowest BCUT2D eigenvalue weighted by molar-refractivity contribution is -0.143. The first-order chi connectivity index (χ1) is 47.4. The van der Waals surface area contributed by atoms with Crippen LogP contribution in [0.2, 0.25) is 0 Å². The Morgan fingerprint density at radius 2 is 0.919 bits per heavy atom. The van der Waals surface area contributed by atoms with E-state index in [1.807, 2.05) is 77.7 Å². The highest BCUT2D eigenvalue weighted by molar-refractivity contribution is 6.08. The van der Waals surface area contributed by atoms with Gasteiger partial charge in [-0.15, -0.1) is 0 Å². The fraction of sp³-hybridized carbons (Fsp3) is 0.316. The van der Waals surface area contributed by atoms with E-state index in [-0.39, 0.29) is 70.3 Å². The van der Waals surface area contributed by atoms with Crippen molar-refractivity contribution in [1.29, 1.82) is 0 Å². The van der Waals surface area contributed by atoms with E-state index in [0.29, 0.717) is 122 Å². The number of carbonyl (C=O) groups excluding carboxylic acids is 4. The van der Waals surface area contributed by atoms with E-state index in [4.69, 9.17) is 27.1 Å². The molecule has 0 unspecified atom stereocenters. The second kappa shape index (κ2) is 36.9. The molecule has 0 atom stereocenters. The van der Waals surface area contributed by atoms with Crippen LogP contribution in [0.25, 0.3) is 16.2 Å². The third-order valence-corrected chi connectivity index (χ3v) is 17.0. The number of aliphatic carboxylic acids is 1. The number of nitrogens with zero attached hydrogens (tertiary/aromatic N) is 8. The van der Waals surface area contributed by atoms with Gasteiger partial charge in [0.05, 0.1) is 12.5 Å². The van der Waals surface area contributed by atoms with Gasteiger partial charge in [0.15, 0.2) is 17.4 Å². The van der Waals surface area contributed by atoms with Gasteiger partial charge in [-0.1, -0.05) is 142 Å². The van der Waals surface area contributed by atoms with Crippen LogP contribution in [0, 0.1) is 41.7 Å². The predicted molar refractivity (Wildman–Crippen MR) is 368 cm³/mol. The van der Waals surface area contributed by atoms with Crippen LogP contribution in [0.4, 0.5) is 23.2 Å². The second-order valence-electron chi connectivity index (χ2n) is 24.9. The lowest BCUT2D eigenvalue weighted by atomic mass is 9.95. The number of hydrogen-bond acceptors (Lipinski definition) is 12. The Labute approximate surface area is 573 Å². The van der Waals surface area contributed by atoms with Crippen LogP contribution in [-0.2, 0) is 9.59 Å². The SMILES string of the molecule is CC(C)c1ccc(C(=O)N2CCC(C(=O)N/C(=N/O)c3cccc(F)c3)CC2)cc1.CC(C)c1ccc(C(=O)N2CCC(C(=O)O)CC2)cc1.CC(C)c1ccc(C(=O)N2CCC(c3nc(-c4cccc(F)c4)no3)CC2)cc1.NC(=NO)c1cccc(F)c1.[C-]#[N+]c1cccc(F)c1. The van der Waals surface area contributed by atoms with Crippen molar-refractivity contribution >= 4 is 47.0 Å². The van der Waals surface area contributed by atoms with Crippen LogP contribution < -0.4 is 11.1 Å². The van der Waals surface area contributed by atoms with Crippen LogP contribution in [0.1, 0.15) is 169 Å². The van der Waals surface area contributed by atoms with Gasteiger partial charge in [-0.05, 0) is 158 Å². The Morgan fingerprint density at radius 1 is 0.525 bits per heavy atom. The molecule has 0 bridgehead atoms. The minimum absolute atomic E-state index is 0.00384. The van der Waals surface area contributed by atoms with Crippen molar-refractivity contribution in [2.24, 2.45) is 27.9 Å². The van der Waals surface area contributed by atoms with Crippen LogP contribution in [0.3, 0.4) is 0 Å². The number of nitrogens with one attached hydrogen (secondary N) is 1. The van der Waals surface area contributed by atoms with Gasteiger partial charge in [0.2, 0.25) is 17.6 Å². The Bertz CT molecular complexity index is 4100. The highest BCUT2D eigenvalue weighted by atomic mass is 19.1. The number of carboxylic acids is 1. The number of piperidine rings is 3. The lowest BCUT2D eigenvalue weighted by Gasteiger charge is -2.31. The number of benzene rings is 7. The smallest absolute Gasteiger partial charge is 0.306 e. The molecule has 3 fully saturated rings. The zero-order chi connectivity index (χ0) is 71.7. The monoisotopic (exact) mass is 1350 g/mol. The van der Waals surface area contributed by atoms with E-state index in [1.165, 1.54) is 83.4 Å². The summed E-state index contributed by atoms with van der Waals surface area (Å²) in [6.07, 6.45) is 3.63. The lowest BCUT2D eigenvalue weighted by Crippen LogP contribution is -2.44. The first kappa shape index (κ1) is 75.4. The molecule has 11 rings (SSSR count). The Morgan fingerprint density at radius 3 is 1.30 bits per heavy atom. The number of aromatic nitrogens is 2. The quantitative estimate of drug-likeness (QED) is 0.0191. The summed E-state index contributed by atoms with van der Waals surface area (Å²) in [7, 11) is 0. The van der Waals surface area contributed by atoms with Crippen molar-refractivity contribution in [1.82, 2.24) is 30.2 Å². The van der Waals surface area contributed by atoms with E-state index >= 15 is 0 Å². The van der Waals surface area contributed by atoms with Gasteiger partial charge in [0, 0.05) is 84.5 Å². The molecule has 4 amide bonds. The number of amides is 4. The third-order valence-electron chi connectivity index (χ3n) is 17.0. The fourth-order valence-electron chi connectivity index (χ4n) is 11.0. The van der Waals surface area contributed by atoms with Crippen LogP contribution in [0.15, 0.2) is 185 Å². The molecule has 518 valence electrons. The number of nitrogens with two attached hydrogens (primary N) is 1. The van der Waals surface area contributed by atoms with E-state index in [2.05, 4.69) is 72.2 Å². The van der Waals surface area contributed by atoms with E-state index in [9.17, 15) is 46.7 Å². The normalized spacial score (nSPS) is 14.4. The number of carboxylic acid groups (broad SMARTS) is 1. The molecule has 3 saturated heterocycles. The molecule has 0 spiro atoms. The van der Waals surface area contributed by atoms with Crippen molar-refractivity contribution in [3.63, 3.8) is 0 Å². The molecule has 3 aliphatic rings. The average molecular weight is 1360 g/mol. The van der Waals surface area contributed by atoms with Gasteiger partial charge in [-0.3, -0.25) is 24.0 Å². The molecule has 7 aromatic carbocycles. The summed E-state index contributed by atoms with van der Waals surface area (Å²) in [5.74, 6) is -1.07. The number of rotatable bonds is 12. The van der Waals surface area contributed by atoms with Crippen molar-refractivity contribution in [3.8, 4) is 11.4 Å². The topological polar surface area (TPSA) is 262 Å². The number of hydrogen-bond donors (Lipinski definition) is 5. The highest BCUT2D eigenvalue weighted by Crippen LogP contribution is 2.31. The third kappa shape index (κ3) is 22.3. The van der Waals surface area contributed by atoms with Gasteiger partial charge in [-0.2, -0.15) is 4.98 Å². The molecule has 8 aromatic rings. The predicted octanol–water partition coefficient (Wildman–Crippen LogP) is 14.8. The van der Waals surface area contributed by atoms with Gasteiger partial charge >= 0.3 is 5.97 Å². The van der Waals surface area contributed by atoms with E-state index in [0.717, 1.165) is 18.4 Å². The number of likely N-dealkylation sites (tertiary alicyclic amines) is 3. The molecule has 4 heterocycles. The van der Waals surface area contributed by atoms with Crippen LogP contribution in [-0.4, -0.2) is 121 Å². The van der Waals surface area contributed by atoms with Gasteiger partial charge in [0.1, 0.15) is 23.3 Å². The first-order valence-corrected chi connectivity index (χ1v) is 32.6. The summed E-state index contributed by atoms with van der Waals surface area (Å²) >= 11 is 0. The van der Waals surface area contributed by atoms with Crippen LogP contribution in [0.5, 0.6) is 0 Å². The molecule has 1 aromatic heterocycles. The van der Waals surface area contributed by atoms with Gasteiger partial charge < -0.3 is 45.8 Å². The Kier molecular flexibility index (Phi) is 28.1. The average Bonchev–Trinajstić information content (AvgIpc) is 1.41.